The highest BCUT2D eigenvalue weighted by Gasteiger charge is 2.31. The first kappa shape index (κ1) is 20.7. The van der Waals surface area contributed by atoms with E-state index in [9.17, 15) is 9.59 Å². The second kappa shape index (κ2) is 8.73. The number of imidazole rings is 1. The minimum absolute atomic E-state index is 0.0683. The molecule has 1 aromatic heterocycles. The van der Waals surface area contributed by atoms with Crippen molar-refractivity contribution in [3.63, 3.8) is 0 Å². The number of anilines is 3. The van der Waals surface area contributed by atoms with E-state index in [1.54, 1.807) is 0 Å². The van der Waals surface area contributed by atoms with E-state index < -0.39 is 0 Å². The number of hydrogen-bond donors (Lipinski definition) is 3. The molecule has 4 N–H and O–H groups in total. The predicted octanol–water partition coefficient (Wildman–Crippen LogP) is 4.11. The number of H-pyrrole nitrogens is 1. The lowest BCUT2D eigenvalue weighted by Crippen LogP contribution is -2.40. The van der Waals surface area contributed by atoms with Gasteiger partial charge in [0.25, 0.3) is 0 Å². The molecule has 1 aliphatic heterocycles. The van der Waals surface area contributed by atoms with Gasteiger partial charge in [-0.05, 0) is 55.9 Å². The van der Waals surface area contributed by atoms with Crippen LogP contribution in [-0.4, -0.2) is 28.0 Å². The van der Waals surface area contributed by atoms with Gasteiger partial charge in [-0.2, -0.15) is 0 Å². The number of nitrogens with one attached hydrogen (secondary N) is 2. The van der Waals surface area contributed by atoms with E-state index in [0.717, 1.165) is 54.0 Å². The molecule has 0 spiro atoms. The van der Waals surface area contributed by atoms with Gasteiger partial charge in [0.2, 0.25) is 5.91 Å². The number of aromatic nitrogens is 2. The van der Waals surface area contributed by atoms with Gasteiger partial charge in [0, 0.05) is 18.8 Å². The summed E-state index contributed by atoms with van der Waals surface area (Å²) in [6.07, 6.45) is 7.80. The Kier molecular flexibility index (Phi) is 5.64. The van der Waals surface area contributed by atoms with Crippen molar-refractivity contribution in [2.24, 2.45) is 11.7 Å². The van der Waals surface area contributed by atoms with E-state index in [2.05, 4.69) is 21.3 Å². The third-order valence-electron chi connectivity index (χ3n) is 7.00. The zero-order valence-electron chi connectivity index (χ0n) is 18.3. The Morgan fingerprint density at radius 3 is 2.59 bits per heavy atom. The molecule has 1 aliphatic carbocycles. The van der Waals surface area contributed by atoms with Crippen molar-refractivity contribution in [2.75, 3.05) is 16.8 Å². The van der Waals surface area contributed by atoms with Gasteiger partial charge >= 0.3 is 5.69 Å². The van der Waals surface area contributed by atoms with Crippen LogP contribution in [0.3, 0.4) is 0 Å². The smallest absolute Gasteiger partial charge is 0.326 e. The van der Waals surface area contributed by atoms with E-state index in [1.807, 2.05) is 41.0 Å². The van der Waals surface area contributed by atoms with Crippen LogP contribution < -0.4 is 21.6 Å². The minimum atomic E-state index is -0.332. The highest BCUT2D eigenvalue weighted by atomic mass is 16.2. The molecule has 7 heteroatoms. The molecule has 0 bridgehead atoms. The Balaban J connectivity index is 1.59. The third kappa shape index (κ3) is 3.99. The molecule has 2 heterocycles. The molecule has 168 valence electrons. The normalized spacial score (nSPS) is 19.5. The molecule has 2 aromatic carbocycles. The number of aromatic amines is 1. The first-order chi connectivity index (χ1) is 15.6. The standard InChI is InChI=1S/C25H31N5O2/c26-24(31)21-12-7-13-29(21)22-15-23-20(14-19(22)27-18-10-5-2-6-11-18)28-25(32)30(23)16-17-8-3-1-4-9-17/h2,5-6,10-11,14-15,17,21,27H,1,3-4,7-9,12-13,16H2,(H2,26,31)(H,28,32)/t21-/m0/s1. The summed E-state index contributed by atoms with van der Waals surface area (Å²) in [4.78, 5) is 30.2. The number of para-hydroxylation sites is 1. The summed E-state index contributed by atoms with van der Waals surface area (Å²) < 4.78 is 1.89. The van der Waals surface area contributed by atoms with Crippen LogP contribution >= 0.6 is 0 Å². The Hall–Kier alpha value is -3.22. The lowest BCUT2D eigenvalue weighted by Gasteiger charge is -2.28. The van der Waals surface area contributed by atoms with E-state index in [-0.39, 0.29) is 17.6 Å². The van der Waals surface area contributed by atoms with Gasteiger partial charge < -0.3 is 20.9 Å². The first-order valence-electron chi connectivity index (χ1n) is 11.7. The van der Waals surface area contributed by atoms with Crippen molar-refractivity contribution in [3.05, 3.63) is 52.9 Å². The quantitative estimate of drug-likeness (QED) is 0.545. The van der Waals surface area contributed by atoms with Gasteiger partial charge in [0.05, 0.1) is 22.4 Å². The zero-order valence-corrected chi connectivity index (χ0v) is 18.3. The molecule has 2 fully saturated rings. The van der Waals surface area contributed by atoms with Crippen LogP contribution in [0.4, 0.5) is 17.1 Å². The summed E-state index contributed by atoms with van der Waals surface area (Å²) in [6, 6.07) is 13.6. The van der Waals surface area contributed by atoms with Gasteiger partial charge in [-0.1, -0.05) is 37.5 Å². The number of benzene rings is 2. The molecule has 5 rings (SSSR count). The van der Waals surface area contributed by atoms with Crippen molar-refractivity contribution in [3.8, 4) is 0 Å². The fraction of sp³-hybridized carbons (Fsp3) is 0.440. The zero-order chi connectivity index (χ0) is 22.1. The summed E-state index contributed by atoms with van der Waals surface area (Å²) in [5, 5.41) is 3.49. The van der Waals surface area contributed by atoms with E-state index in [1.165, 1.54) is 32.1 Å². The topological polar surface area (TPSA) is 96.2 Å². The van der Waals surface area contributed by atoms with Gasteiger partial charge in [-0.15, -0.1) is 0 Å². The second-order valence-electron chi connectivity index (χ2n) is 9.18. The van der Waals surface area contributed by atoms with E-state index >= 15 is 0 Å². The average molecular weight is 434 g/mol. The predicted molar refractivity (Wildman–Crippen MR) is 128 cm³/mol. The molecule has 2 aliphatic rings. The maximum absolute atomic E-state index is 12.9. The lowest BCUT2D eigenvalue weighted by atomic mass is 9.89. The lowest BCUT2D eigenvalue weighted by molar-refractivity contribution is -0.119. The second-order valence-corrected chi connectivity index (χ2v) is 9.18. The number of fused-ring (bicyclic) bond motifs is 1. The monoisotopic (exact) mass is 433 g/mol. The highest BCUT2D eigenvalue weighted by Crippen LogP contribution is 2.37. The summed E-state index contributed by atoms with van der Waals surface area (Å²) in [7, 11) is 0. The molecule has 7 nitrogen and oxygen atoms in total. The van der Waals surface area contributed by atoms with E-state index in [4.69, 9.17) is 5.73 Å². The maximum Gasteiger partial charge on any atom is 0.326 e. The number of amides is 1. The number of nitrogens with two attached hydrogens (primary N) is 1. The molecule has 0 unspecified atom stereocenters. The number of nitrogens with zero attached hydrogens (tertiary/aromatic N) is 2. The Labute approximate surface area is 187 Å². The number of carbonyl (C=O) groups excluding carboxylic acids is 1. The largest absolute Gasteiger partial charge is 0.368 e. The van der Waals surface area contributed by atoms with Crippen LogP contribution in [0.25, 0.3) is 11.0 Å². The molecule has 1 amide bonds. The molecule has 1 saturated carbocycles. The van der Waals surface area contributed by atoms with Crippen LogP contribution in [0.2, 0.25) is 0 Å². The Morgan fingerprint density at radius 2 is 1.84 bits per heavy atom. The average Bonchev–Trinajstić information content (AvgIpc) is 3.40. The highest BCUT2D eigenvalue weighted by molar-refractivity contribution is 5.93. The molecule has 3 aromatic rings. The van der Waals surface area contributed by atoms with Crippen molar-refractivity contribution in [2.45, 2.75) is 57.5 Å². The number of carbonyl (C=O) groups is 1. The fourth-order valence-electron chi connectivity index (χ4n) is 5.37. The van der Waals surface area contributed by atoms with Crippen molar-refractivity contribution in [1.29, 1.82) is 0 Å². The van der Waals surface area contributed by atoms with Crippen LogP contribution in [0.1, 0.15) is 44.9 Å². The SMILES string of the molecule is NC(=O)[C@@H]1CCCN1c1cc2c(cc1Nc1ccccc1)[nH]c(=O)n2CC1CCCCC1. The summed E-state index contributed by atoms with van der Waals surface area (Å²) >= 11 is 0. The fourth-order valence-corrected chi connectivity index (χ4v) is 5.37. The van der Waals surface area contributed by atoms with Crippen LogP contribution in [0.15, 0.2) is 47.3 Å². The maximum atomic E-state index is 12.9. The Bertz CT molecular complexity index is 1160. The number of primary amides is 1. The Morgan fingerprint density at radius 1 is 1.06 bits per heavy atom. The minimum Gasteiger partial charge on any atom is -0.368 e. The third-order valence-corrected chi connectivity index (χ3v) is 7.00. The van der Waals surface area contributed by atoms with E-state index in [0.29, 0.717) is 5.92 Å². The first-order valence-corrected chi connectivity index (χ1v) is 11.7. The van der Waals surface area contributed by atoms with Gasteiger partial charge in [0.1, 0.15) is 6.04 Å². The molecule has 1 atom stereocenters. The molecule has 1 saturated heterocycles. The van der Waals surface area contributed by atoms with Crippen LogP contribution in [-0.2, 0) is 11.3 Å². The number of rotatable bonds is 6. The summed E-state index contributed by atoms with van der Waals surface area (Å²) in [5.74, 6) is 0.234. The van der Waals surface area contributed by atoms with Gasteiger partial charge in [-0.25, -0.2) is 4.79 Å². The summed E-state index contributed by atoms with van der Waals surface area (Å²) in [5.41, 5.74) is 10.1. The molecule has 0 radical (unpaired) electrons. The van der Waals surface area contributed by atoms with Crippen molar-refractivity contribution in [1.82, 2.24) is 9.55 Å². The van der Waals surface area contributed by atoms with Crippen molar-refractivity contribution >= 4 is 34.0 Å². The van der Waals surface area contributed by atoms with Crippen LogP contribution in [0, 0.1) is 5.92 Å². The van der Waals surface area contributed by atoms with Crippen molar-refractivity contribution < 1.29 is 4.79 Å². The number of hydrogen-bond acceptors (Lipinski definition) is 4. The van der Waals surface area contributed by atoms with Crippen LogP contribution in [0.5, 0.6) is 0 Å². The summed E-state index contributed by atoms with van der Waals surface area (Å²) in [6.45, 7) is 1.50. The molecule has 32 heavy (non-hydrogen) atoms. The van der Waals surface area contributed by atoms with Gasteiger partial charge in [-0.3, -0.25) is 9.36 Å². The molecular weight excluding hydrogens is 402 g/mol. The van der Waals surface area contributed by atoms with Gasteiger partial charge in [0.15, 0.2) is 0 Å². The molecular formula is C25H31N5O2.